The molecule has 0 saturated carbocycles. The smallest absolute Gasteiger partial charge is 0.311 e. The van der Waals surface area contributed by atoms with E-state index in [4.69, 9.17) is 0 Å². The largest absolute Gasteiger partial charge is 0.433 e. The first-order chi connectivity index (χ1) is 14.8. The first-order valence-corrected chi connectivity index (χ1v) is 11.5. The molecule has 4 aromatic rings. The van der Waals surface area contributed by atoms with Gasteiger partial charge in [0.1, 0.15) is 11.2 Å². The van der Waals surface area contributed by atoms with Gasteiger partial charge in [-0.3, -0.25) is 0 Å². The van der Waals surface area contributed by atoms with E-state index in [0.717, 1.165) is 34.1 Å². The first kappa shape index (κ1) is 22.5. The molecule has 3 aromatic heterocycles. The van der Waals surface area contributed by atoms with Gasteiger partial charge in [0.2, 0.25) is 0 Å². The average Bonchev–Trinajstić information content (AvgIpc) is 3.24. The van der Waals surface area contributed by atoms with E-state index in [1.165, 1.54) is 26.1 Å². The predicted octanol–water partition coefficient (Wildman–Crippen LogP) is 5.68. The Kier molecular flexibility index (Phi) is 5.05. The van der Waals surface area contributed by atoms with E-state index >= 15 is 0 Å². The van der Waals surface area contributed by atoms with E-state index in [0.29, 0.717) is 0 Å². The Morgan fingerprint density at radius 1 is 1.00 bits per heavy atom. The molecule has 0 saturated heterocycles. The third-order valence-corrected chi connectivity index (χ3v) is 7.95. The molecule has 0 amide bonds. The van der Waals surface area contributed by atoms with Crippen molar-refractivity contribution in [3.63, 3.8) is 0 Å². The fourth-order valence-electron chi connectivity index (χ4n) is 3.37. The van der Waals surface area contributed by atoms with Gasteiger partial charge in [-0.25, -0.2) is 18.4 Å². The summed E-state index contributed by atoms with van der Waals surface area (Å²) in [6, 6.07) is 5.13. The van der Waals surface area contributed by atoms with Crippen molar-refractivity contribution in [3.8, 4) is 10.7 Å². The molecule has 13 heteroatoms. The zero-order valence-corrected chi connectivity index (χ0v) is 18.0. The van der Waals surface area contributed by atoms with Gasteiger partial charge in [-0.05, 0) is 24.3 Å². The summed E-state index contributed by atoms with van der Waals surface area (Å²) in [5, 5.41) is -0.474. The van der Waals surface area contributed by atoms with Crippen molar-refractivity contribution in [2.45, 2.75) is 24.2 Å². The van der Waals surface area contributed by atoms with Gasteiger partial charge in [0, 0.05) is 17.1 Å². The van der Waals surface area contributed by atoms with Crippen LogP contribution in [-0.4, -0.2) is 28.7 Å². The number of hydrogen-bond acceptors (Lipinski definition) is 5. The number of aryl methyl sites for hydroxylation is 1. The standard InChI is InChI=1S/C19H13F6N3O2S2/c1-3-32(29,30)15-13-9(18(20,21)22)5-4-6-11(13)31-14(15)17-26-10-7-8-12(19(23,24)25)27-16(10)28(17)2/h4-8H,3H2,1-2H3. The zero-order valence-electron chi connectivity index (χ0n) is 16.3. The van der Waals surface area contributed by atoms with Crippen molar-refractivity contribution >= 4 is 42.4 Å². The number of fused-ring (bicyclic) bond motifs is 2. The van der Waals surface area contributed by atoms with E-state index in [2.05, 4.69) is 9.97 Å². The second-order valence-corrected chi connectivity index (χ2v) is 10.1. The molecule has 0 fully saturated rings. The summed E-state index contributed by atoms with van der Waals surface area (Å²) in [6.45, 7) is 1.30. The summed E-state index contributed by atoms with van der Waals surface area (Å²) in [7, 11) is -2.84. The SMILES string of the molecule is CCS(=O)(=O)c1c(-c2nc3ccc(C(F)(F)F)nc3n2C)sc2cccc(C(F)(F)F)c12. The molecule has 0 aliphatic rings. The van der Waals surface area contributed by atoms with Crippen molar-refractivity contribution in [1.82, 2.24) is 14.5 Å². The number of pyridine rings is 1. The third kappa shape index (κ3) is 3.52. The number of thiophene rings is 1. The lowest BCUT2D eigenvalue weighted by molar-refractivity contribution is -0.141. The maximum absolute atomic E-state index is 13.7. The minimum absolute atomic E-state index is 0.0452. The predicted molar refractivity (Wildman–Crippen MR) is 107 cm³/mol. The van der Waals surface area contributed by atoms with Crippen LogP contribution in [0.2, 0.25) is 0 Å². The highest BCUT2D eigenvalue weighted by Crippen LogP contribution is 2.47. The van der Waals surface area contributed by atoms with Crippen LogP contribution in [0.4, 0.5) is 26.3 Å². The number of halogens is 6. The van der Waals surface area contributed by atoms with Gasteiger partial charge in [-0.2, -0.15) is 26.3 Å². The van der Waals surface area contributed by atoms with Crippen LogP contribution in [0.1, 0.15) is 18.2 Å². The van der Waals surface area contributed by atoms with Crippen LogP contribution in [0.3, 0.4) is 0 Å². The molecule has 0 bridgehead atoms. The van der Waals surface area contributed by atoms with Crippen LogP contribution in [0, 0.1) is 0 Å². The second-order valence-electron chi connectivity index (χ2n) is 6.87. The van der Waals surface area contributed by atoms with Crippen LogP contribution < -0.4 is 0 Å². The number of hydrogen-bond donors (Lipinski definition) is 0. The summed E-state index contributed by atoms with van der Waals surface area (Å²) >= 11 is 0.776. The maximum atomic E-state index is 13.7. The Labute approximate surface area is 181 Å². The molecule has 32 heavy (non-hydrogen) atoms. The Bertz CT molecular complexity index is 1470. The number of aromatic nitrogens is 3. The number of nitrogens with zero attached hydrogens (tertiary/aromatic N) is 3. The minimum atomic E-state index is -4.81. The van der Waals surface area contributed by atoms with Gasteiger partial charge in [0.15, 0.2) is 21.3 Å². The number of imidazole rings is 1. The topological polar surface area (TPSA) is 64.8 Å². The van der Waals surface area contributed by atoms with Gasteiger partial charge in [0.05, 0.1) is 21.1 Å². The first-order valence-electron chi connectivity index (χ1n) is 9.02. The fraction of sp³-hybridized carbons (Fsp3) is 0.263. The lowest BCUT2D eigenvalue weighted by Crippen LogP contribution is -2.10. The monoisotopic (exact) mass is 493 g/mol. The van der Waals surface area contributed by atoms with E-state index in [-0.39, 0.29) is 26.6 Å². The van der Waals surface area contributed by atoms with Crippen molar-refractivity contribution in [1.29, 1.82) is 0 Å². The van der Waals surface area contributed by atoms with Crippen LogP contribution in [0.25, 0.3) is 32.0 Å². The van der Waals surface area contributed by atoms with Gasteiger partial charge in [-0.1, -0.05) is 13.0 Å². The molecule has 0 radical (unpaired) electrons. The zero-order chi connectivity index (χ0) is 23.6. The average molecular weight is 493 g/mol. The molecular formula is C19H13F6N3O2S2. The molecule has 5 nitrogen and oxygen atoms in total. The Morgan fingerprint density at radius 2 is 1.69 bits per heavy atom. The van der Waals surface area contributed by atoms with E-state index < -0.39 is 49.5 Å². The molecule has 3 heterocycles. The molecule has 0 N–H and O–H groups in total. The number of rotatable bonds is 3. The van der Waals surface area contributed by atoms with Gasteiger partial charge in [-0.15, -0.1) is 11.3 Å². The highest BCUT2D eigenvalue weighted by Gasteiger charge is 2.38. The summed E-state index contributed by atoms with van der Waals surface area (Å²) in [6.07, 6.45) is -9.53. The molecule has 170 valence electrons. The van der Waals surface area contributed by atoms with Gasteiger partial charge < -0.3 is 4.57 Å². The number of alkyl halides is 6. The minimum Gasteiger partial charge on any atom is -0.311 e. The lowest BCUT2D eigenvalue weighted by atomic mass is 10.1. The normalized spacial score (nSPS) is 13.4. The van der Waals surface area contributed by atoms with Crippen molar-refractivity contribution in [2.24, 2.45) is 7.05 Å². The highest BCUT2D eigenvalue weighted by molar-refractivity contribution is 7.92. The quantitative estimate of drug-likeness (QED) is 0.345. The van der Waals surface area contributed by atoms with Gasteiger partial charge >= 0.3 is 12.4 Å². The Balaban J connectivity index is 2.11. The van der Waals surface area contributed by atoms with Crippen molar-refractivity contribution < 1.29 is 34.8 Å². The molecule has 4 rings (SSSR count). The van der Waals surface area contributed by atoms with Crippen LogP contribution in [0.5, 0.6) is 0 Å². The lowest BCUT2D eigenvalue weighted by Gasteiger charge is -2.11. The molecule has 0 aliphatic heterocycles. The molecule has 0 atom stereocenters. The van der Waals surface area contributed by atoms with Crippen LogP contribution in [-0.2, 0) is 29.2 Å². The summed E-state index contributed by atoms with van der Waals surface area (Å²) in [4.78, 5) is 7.14. The molecule has 0 spiro atoms. The van der Waals surface area contributed by atoms with Crippen molar-refractivity contribution in [2.75, 3.05) is 5.75 Å². The second kappa shape index (κ2) is 7.17. The molecule has 0 unspecified atom stereocenters. The fourth-order valence-corrected chi connectivity index (χ4v) is 6.28. The Morgan fingerprint density at radius 3 is 2.28 bits per heavy atom. The van der Waals surface area contributed by atoms with E-state index in [1.54, 1.807) is 0 Å². The van der Waals surface area contributed by atoms with Crippen molar-refractivity contribution in [3.05, 3.63) is 41.6 Å². The summed E-state index contributed by atoms with van der Waals surface area (Å²) in [5.74, 6) is -0.563. The number of benzene rings is 1. The molecule has 1 aromatic carbocycles. The summed E-state index contributed by atoms with van der Waals surface area (Å²) in [5.41, 5.74) is -2.41. The third-order valence-electron chi connectivity index (χ3n) is 4.88. The maximum Gasteiger partial charge on any atom is 0.433 e. The molecular weight excluding hydrogens is 480 g/mol. The number of sulfone groups is 1. The van der Waals surface area contributed by atoms with Crippen LogP contribution in [0.15, 0.2) is 35.2 Å². The summed E-state index contributed by atoms with van der Waals surface area (Å²) < 4.78 is 107. The molecule has 0 aliphatic carbocycles. The Hall–Kier alpha value is -2.67. The van der Waals surface area contributed by atoms with E-state index in [9.17, 15) is 34.8 Å². The van der Waals surface area contributed by atoms with E-state index in [1.807, 2.05) is 0 Å². The highest BCUT2D eigenvalue weighted by atomic mass is 32.2. The van der Waals surface area contributed by atoms with Gasteiger partial charge in [0.25, 0.3) is 0 Å². The van der Waals surface area contributed by atoms with Crippen LogP contribution >= 0.6 is 11.3 Å².